The summed E-state index contributed by atoms with van der Waals surface area (Å²) >= 11 is 0. The molecule has 0 aliphatic heterocycles. The molecule has 0 radical (unpaired) electrons. The molecule has 168 valence electrons. The van der Waals surface area contributed by atoms with E-state index in [2.05, 4.69) is 30.8 Å². The molecule has 0 heterocycles. The van der Waals surface area contributed by atoms with Crippen molar-refractivity contribution in [2.45, 2.75) is 38.0 Å². The van der Waals surface area contributed by atoms with E-state index in [1.54, 1.807) is 55.5 Å². The van der Waals surface area contributed by atoms with E-state index in [-0.39, 0.29) is 16.2 Å². The minimum atomic E-state index is -3.80. The van der Waals surface area contributed by atoms with Crippen LogP contribution in [0.1, 0.15) is 42.3 Å². The lowest BCUT2D eigenvalue weighted by Crippen LogP contribution is -2.15. The third kappa shape index (κ3) is 5.48. The Bertz CT molecular complexity index is 1230. The fourth-order valence-corrected chi connectivity index (χ4v) is 4.35. The van der Waals surface area contributed by atoms with Gasteiger partial charge in [0, 0.05) is 11.3 Å². The summed E-state index contributed by atoms with van der Waals surface area (Å²) in [5, 5.41) is 2.82. The number of benzene rings is 3. The second-order valence-corrected chi connectivity index (χ2v) is 10.3. The second kappa shape index (κ2) is 9.04. The molecule has 32 heavy (non-hydrogen) atoms. The van der Waals surface area contributed by atoms with E-state index < -0.39 is 10.0 Å². The number of nitrogens with one attached hydrogen (secondary N) is 2. The average molecular weight is 453 g/mol. The molecule has 3 aromatic rings. The lowest BCUT2D eigenvalue weighted by molar-refractivity contribution is 0.102. The average Bonchev–Trinajstić information content (AvgIpc) is 2.73. The lowest BCUT2D eigenvalue weighted by atomic mass is 9.87. The molecule has 1 amide bonds. The standard InChI is InChI=1S/C25H28N2O4S/c1-17-15-22(13-14-23(17)31-5)32(29,30)27-21-8-6-7-20(16-21)26-24(28)18-9-11-19(12-10-18)25(2,3)4/h6-16,27H,1-5H3,(H,26,28). The first kappa shape index (κ1) is 23.3. The first-order chi connectivity index (χ1) is 15.0. The SMILES string of the molecule is COc1ccc(S(=O)(=O)Nc2cccc(NC(=O)c3ccc(C(C)(C)C)cc3)c2)cc1C. The fraction of sp³-hybridized carbons (Fsp3) is 0.240. The summed E-state index contributed by atoms with van der Waals surface area (Å²) in [5.74, 6) is 0.348. The van der Waals surface area contributed by atoms with Gasteiger partial charge in [0.15, 0.2) is 0 Å². The highest BCUT2D eigenvalue weighted by Crippen LogP contribution is 2.25. The van der Waals surface area contributed by atoms with Crippen molar-refractivity contribution < 1.29 is 17.9 Å². The highest BCUT2D eigenvalue weighted by atomic mass is 32.2. The lowest BCUT2D eigenvalue weighted by Gasteiger charge is -2.19. The molecule has 3 rings (SSSR count). The third-order valence-corrected chi connectivity index (χ3v) is 6.44. The van der Waals surface area contributed by atoms with Crippen LogP contribution in [0.3, 0.4) is 0 Å². The predicted molar refractivity (Wildman–Crippen MR) is 128 cm³/mol. The number of hydrogen-bond acceptors (Lipinski definition) is 4. The highest BCUT2D eigenvalue weighted by molar-refractivity contribution is 7.92. The largest absolute Gasteiger partial charge is 0.496 e. The maximum atomic E-state index is 12.8. The fourth-order valence-electron chi connectivity index (χ4n) is 3.22. The number of hydrogen-bond donors (Lipinski definition) is 2. The van der Waals surface area contributed by atoms with Crippen LogP contribution in [0.4, 0.5) is 11.4 Å². The predicted octanol–water partition coefficient (Wildman–Crippen LogP) is 5.35. The molecule has 2 N–H and O–H groups in total. The molecule has 0 bridgehead atoms. The maximum Gasteiger partial charge on any atom is 0.261 e. The van der Waals surface area contributed by atoms with Gasteiger partial charge in [-0.15, -0.1) is 0 Å². The summed E-state index contributed by atoms with van der Waals surface area (Å²) in [5.41, 5.74) is 3.22. The molecular weight excluding hydrogens is 424 g/mol. The van der Waals surface area contributed by atoms with Crippen molar-refractivity contribution in [1.82, 2.24) is 0 Å². The van der Waals surface area contributed by atoms with Crippen molar-refractivity contribution in [3.8, 4) is 5.75 Å². The molecule has 6 nitrogen and oxygen atoms in total. The van der Waals surface area contributed by atoms with Crippen LogP contribution in [0.2, 0.25) is 0 Å². The molecular formula is C25H28N2O4S. The Labute approximate surface area is 189 Å². The summed E-state index contributed by atoms with van der Waals surface area (Å²) in [6, 6.07) is 18.7. The van der Waals surface area contributed by atoms with Gasteiger partial charge in [-0.3, -0.25) is 9.52 Å². The van der Waals surface area contributed by atoms with Gasteiger partial charge in [0.05, 0.1) is 17.7 Å². The molecule has 0 aromatic heterocycles. The molecule has 0 unspecified atom stereocenters. The Kier molecular flexibility index (Phi) is 6.60. The van der Waals surface area contributed by atoms with Crippen molar-refractivity contribution in [3.63, 3.8) is 0 Å². The second-order valence-electron chi connectivity index (χ2n) is 8.60. The maximum absolute atomic E-state index is 12.8. The van der Waals surface area contributed by atoms with Crippen LogP contribution in [0, 0.1) is 6.92 Å². The smallest absolute Gasteiger partial charge is 0.261 e. The van der Waals surface area contributed by atoms with Crippen molar-refractivity contribution >= 4 is 27.3 Å². The van der Waals surface area contributed by atoms with Crippen LogP contribution in [0.15, 0.2) is 71.6 Å². The summed E-state index contributed by atoms with van der Waals surface area (Å²) in [4.78, 5) is 12.8. The van der Waals surface area contributed by atoms with Crippen molar-refractivity contribution in [2.24, 2.45) is 0 Å². The number of carbonyl (C=O) groups is 1. The van der Waals surface area contributed by atoms with Gasteiger partial charge < -0.3 is 10.1 Å². The van der Waals surface area contributed by atoms with Crippen LogP contribution in [-0.4, -0.2) is 21.4 Å². The van der Waals surface area contributed by atoms with E-state index in [0.717, 1.165) is 5.56 Å². The number of carbonyl (C=O) groups excluding carboxylic acids is 1. The van der Waals surface area contributed by atoms with E-state index in [1.165, 1.54) is 13.2 Å². The molecule has 0 saturated heterocycles. The van der Waals surface area contributed by atoms with Crippen LogP contribution < -0.4 is 14.8 Å². The van der Waals surface area contributed by atoms with E-state index in [0.29, 0.717) is 28.3 Å². The molecule has 0 spiro atoms. The third-order valence-electron chi connectivity index (χ3n) is 5.06. The van der Waals surface area contributed by atoms with Gasteiger partial charge in [-0.1, -0.05) is 39.0 Å². The summed E-state index contributed by atoms with van der Waals surface area (Å²) in [7, 11) is -2.26. The number of methoxy groups -OCH3 is 1. The Morgan fingerprint density at radius 1 is 0.906 bits per heavy atom. The normalized spacial score (nSPS) is 11.7. The Morgan fingerprint density at radius 3 is 2.16 bits per heavy atom. The number of sulfonamides is 1. The molecule has 0 atom stereocenters. The minimum Gasteiger partial charge on any atom is -0.496 e. The first-order valence-corrected chi connectivity index (χ1v) is 11.7. The van der Waals surface area contributed by atoms with Gasteiger partial charge in [0.1, 0.15) is 5.75 Å². The van der Waals surface area contributed by atoms with Crippen LogP contribution in [-0.2, 0) is 15.4 Å². The summed E-state index contributed by atoms with van der Waals surface area (Å²) in [6.45, 7) is 8.12. The van der Waals surface area contributed by atoms with E-state index in [1.807, 2.05) is 12.1 Å². The zero-order valence-electron chi connectivity index (χ0n) is 18.9. The Hall–Kier alpha value is -3.32. The number of ether oxygens (including phenoxy) is 1. The molecule has 0 aliphatic carbocycles. The molecule has 0 saturated carbocycles. The number of anilines is 2. The van der Waals surface area contributed by atoms with Crippen molar-refractivity contribution in [3.05, 3.63) is 83.4 Å². The molecule has 0 aliphatic rings. The number of amides is 1. The van der Waals surface area contributed by atoms with Crippen LogP contribution in [0.5, 0.6) is 5.75 Å². The van der Waals surface area contributed by atoms with E-state index >= 15 is 0 Å². The van der Waals surface area contributed by atoms with Gasteiger partial charge >= 0.3 is 0 Å². The molecule has 0 fully saturated rings. The zero-order chi connectivity index (χ0) is 23.5. The summed E-state index contributed by atoms with van der Waals surface area (Å²) in [6.07, 6.45) is 0. The van der Waals surface area contributed by atoms with Gasteiger partial charge in [0.2, 0.25) is 0 Å². The zero-order valence-corrected chi connectivity index (χ0v) is 19.7. The monoisotopic (exact) mass is 452 g/mol. The number of rotatable bonds is 6. The van der Waals surface area contributed by atoms with Gasteiger partial charge in [-0.2, -0.15) is 0 Å². The topological polar surface area (TPSA) is 84.5 Å². The first-order valence-electron chi connectivity index (χ1n) is 10.2. The highest BCUT2D eigenvalue weighted by Gasteiger charge is 2.17. The quantitative estimate of drug-likeness (QED) is 0.528. The van der Waals surface area contributed by atoms with Crippen molar-refractivity contribution in [1.29, 1.82) is 0 Å². The Balaban J connectivity index is 1.75. The van der Waals surface area contributed by atoms with E-state index in [4.69, 9.17) is 4.74 Å². The van der Waals surface area contributed by atoms with Gasteiger partial charge in [-0.25, -0.2) is 8.42 Å². The van der Waals surface area contributed by atoms with Crippen LogP contribution >= 0.6 is 0 Å². The van der Waals surface area contributed by atoms with Crippen molar-refractivity contribution in [2.75, 3.05) is 17.1 Å². The number of aryl methyl sites for hydroxylation is 1. The molecule has 7 heteroatoms. The van der Waals surface area contributed by atoms with Gasteiger partial charge in [0.25, 0.3) is 15.9 Å². The van der Waals surface area contributed by atoms with Gasteiger partial charge in [-0.05, 0) is 72.0 Å². The molecule has 3 aromatic carbocycles. The summed E-state index contributed by atoms with van der Waals surface area (Å²) < 4.78 is 33.3. The Morgan fingerprint density at radius 2 is 1.56 bits per heavy atom. The minimum absolute atomic E-state index is 0.00290. The van der Waals surface area contributed by atoms with E-state index in [9.17, 15) is 13.2 Å². The van der Waals surface area contributed by atoms with Crippen LogP contribution in [0.25, 0.3) is 0 Å².